The number of piperidine rings is 2. The molecule has 2 aromatic heterocycles. The topological polar surface area (TPSA) is 138 Å². The van der Waals surface area contributed by atoms with Crippen molar-refractivity contribution in [2.45, 2.75) is 75.3 Å². The van der Waals surface area contributed by atoms with Crippen LogP contribution >= 0.6 is 0 Å². The number of carbonyl (C=O) groups is 2. The molecule has 0 aliphatic carbocycles. The van der Waals surface area contributed by atoms with Gasteiger partial charge in [-0.15, -0.1) is 0 Å². The Bertz CT molecular complexity index is 1960. The van der Waals surface area contributed by atoms with Crippen LogP contribution in [0.15, 0.2) is 59.8 Å². The van der Waals surface area contributed by atoms with Crippen LogP contribution in [-0.2, 0) is 29.2 Å². The molecule has 3 amide bonds. The molecule has 7 rings (SSSR count). The second-order valence-corrected chi connectivity index (χ2v) is 15.9. The fraction of sp³-hybridized carbons (Fsp3) is 0.500. The average Bonchev–Trinajstić information content (AvgIpc) is 3.50. The van der Waals surface area contributed by atoms with E-state index >= 15 is 0 Å². The molecule has 4 aromatic rings. The van der Waals surface area contributed by atoms with Gasteiger partial charge in [0, 0.05) is 51.1 Å². The summed E-state index contributed by atoms with van der Waals surface area (Å²) in [4.78, 5) is 37.2. The van der Waals surface area contributed by atoms with E-state index in [0.29, 0.717) is 43.2 Å². The third-order valence-corrected chi connectivity index (χ3v) is 12.3. The smallest absolute Gasteiger partial charge is 0.387 e. The molecule has 288 valence electrons. The lowest BCUT2D eigenvalue weighted by molar-refractivity contribution is -0.120. The fourth-order valence-corrected chi connectivity index (χ4v) is 9.08. The van der Waals surface area contributed by atoms with E-state index in [0.717, 1.165) is 74.0 Å². The number of ether oxygens (including phenoxy) is 1. The van der Waals surface area contributed by atoms with Gasteiger partial charge >= 0.3 is 12.6 Å². The summed E-state index contributed by atoms with van der Waals surface area (Å²) < 4.78 is 46.6. The largest absolute Gasteiger partial charge is 0.432 e. The van der Waals surface area contributed by atoms with Crippen molar-refractivity contribution in [3.05, 3.63) is 66.0 Å². The van der Waals surface area contributed by atoms with Crippen molar-refractivity contribution in [1.82, 2.24) is 34.3 Å². The van der Waals surface area contributed by atoms with Crippen LogP contribution in [0.1, 0.15) is 62.5 Å². The van der Waals surface area contributed by atoms with Gasteiger partial charge in [0.2, 0.25) is 11.9 Å². The van der Waals surface area contributed by atoms with E-state index in [2.05, 4.69) is 72.6 Å². The number of imide groups is 1. The molecule has 3 fully saturated rings. The van der Waals surface area contributed by atoms with E-state index in [9.17, 15) is 22.6 Å². The van der Waals surface area contributed by atoms with Gasteiger partial charge in [0.15, 0.2) is 11.6 Å². The monoisotopic (exact) mass is 763 g/mol. The maximum absolute atomic E-state index is 13.6. The van der Waals surface area contributed by atoms with Crippen LogP contribution in [0.25, 0.3) is 10.9 Å². The van der Waals surface area contributed by atoms with Crippen molar-refractivity contribution in [2.24, 2.45) is 13.0 Å². The number of carbonyl (C=O) groups excluding carboxylic acids is 2. The minimum absolute atomic E-state index is 0.0879. The van der Waals surface area contributed by atoms with Crippen LogP contribution in [0.5, 0.6) is 5.75 Å². The lowest BCUT2D eigenvalue weighted by Gasteiger charge is -2.34. The summed E-state index contributed by atoms with van der Waals surface area (Å²) in [5.41, 5.74) is 3.47. The van der Waals surface area contributed by atoms with Gasteiger partial charge in [-0.1, -0.05) is 31.5 Å². The molecule has 3 aliphatic rings. The van der Waals surface area contributed by atoms with Crippen molar-refractivity contribution in [3.63, 3.8) is 0 Å². The van der Waals surface area contributed by atoms with Gasteiger partial charge in [-0.25, -0.2) is 23.3 Å². The Kier molecular flexibility index (Phi) is 11.8. The molecule has 0 saturated carbocycles. The Morgan fingerprint density at radius 3 is 2.46 bits per heavy atom. The molecule has 2 aromatic carbocycles. The van der Waals surface area contributed by atoms with Gasteiger partial charge in [0.25, 0.3) is 0 Å². The molecular weight excluding hydrogens is 717 g/mol. The Labute approximate surface area is 316 Å². The molecule has 16 heteroatoms. The molecule has 0 radical (unpaired) electrons. The number of halogens is 2. The minimum atomic E-state index is -2.92. The summed E-state index contributed by atoms with van der Waals surface area (Å²) >= 11 is 0. The molecule has 3 aliphatic heterocycles. The zero-order chi connectivity index (χ0) is 37.8. The SMILES string of the molecule is CCC(Cc1cccc(S(=O)N2CCC(Nc3ncc(OC(F)F)cn3)CC2)c1)CN1CCC(c2ccc3c(N4CCC(=O)NC4=O)nn(C)c3c2)CC1. The molecule has 5 heterocycles. The highest BCUT2D eigenvalue weighted by Gasteiger charge is 2.29. The lowest BCUT2D eigenvalue weighted by Crippen LogP contribution is -2.49. The van der Waals surface area contributed by atoms with Gasteiger partial charge in [0.1, 0.15) is 11.0 Å². The third-order valence-electron chi connectivity index (χ3n) is 10.8. The summed E-state index contributed by atoms with van der Waals surface area (Å²) in [7, 11) is 0.623. The highest BCUT2D eigenvalue weighted by Crippen LogP contribution is 2.34. The number of fused-ring (bicyclic) bond motifs is 1. The number of aryl methyl sites for hydroxylation is 1. The Balaban J connectivity index is 0.887. The predicted molar refractivity (Wildman–Crippen MR) is 202 cm³/mol. The summed E-state index contributed by atoms with van der Waals surface area (Å²) in [6, 6.07) is 14.3. The normalized spacial score (nSPS) is 19.3. The molecule has 0 spiro atoms. The van der Waals surface area contributed by atoms with Gasteiger partial charge in [-0.05, 0) is 92.4 Å². The molecule has 54 heavy (non-hydrogen) atoms. The average molecular weight is 764 g/mol. The Morgan fingerprint density at radius 2 is 1.76 bits per heavy atom. The number of urea groups is 1. The number of benzene rings is 2. The van der Waals surface area contributed by atoms with Crippen molar-refractivity contribution >= 4 is 45.6 Å². The van der Waals surface area contributed by atoms with E-state index < -0.39 is 23.6 Å². The summed E-state index contributed by atoms with van der Waals surface area (Å²) in [6.45, 7) is 4.01. The predicted octanol–water partition coefficient (Wildman–Crippen LogP) is 5.46. The first-order valence-corrected chi connectivity index (χ1v) is 19.8. The van der Waals surface area contributed by atoms with Crippen LogP contribution < -0.4 is 20.3 Å². The standard InChI is InChI=1S/C38H47F2N9O4S/c1-3-25(19-26-5-4-6-31(20-26)54(52)48-16-11-29(12-17-48)43-37-41-22-30(23-42-37)53-36(39)40)24-47-14-9-27(10-15-47)28-7-8-32-33(21-28)46(2)45-35(32)49-18-13-34(50)44-38(49)51/h4-8,20-23,25,27,29,36H,3,9-19,24H2,1-2H3,(H,41,42,43)(H,44,50,51). The number of rotatable bonds is 13. The molecule has 3 saturated heterocycles. The second kappa shape index (κ2) is 16.9. The van der Waals surface area contributed by atoms with Gasteiger partial charge in [-0.3, -0.25) is 19.7 Å². The first-order valence-electron chi connectivity index (χ1n) is 18.7. The van der Waals surface area contributed by atoms with Crippen molar-refractivity contribution in [3.8, 4) is 5.75 Å². The van der Waals surface area contributed by atoms with E-state index in [1.165, 1.54) is 23.5 Å². The maximum Gasteiger partial charge on any atom is 0.387 e. The molecule has 13 nitrogen and oxygen atoms in total. The molecule has 2 N–H and O–H groups in total. The zero-order valence-electron chi connectivity index (χ0n) is 30.6. The van der Waals surface area contributed by atoms with Crippen LogP contribution in [-0.4, -0.2) is 97.0 Å². The highest BCUT2D eigenvalue weighted by atomic mass is 32.2. The van der Waals surface area contributed by atoms with Crippen molar-refractivity contribution < 1.29 is 27.3 Å². The first kappa shape index (κ1) is 37.8. The third kappa shape index (κ3) is 8.87. The number of hydrogen-bond acceptors (Lipinski definition) is 9. The number of nitrogens with zero attached hydrogens (tertiary/aromatic N) is 7. The van der Waals surface area contributed by atoms with E-state index in [1.807, 2.05) is 28.2 Å². The molecule has 2 unspecified atom stereocenters. The van der Waals surface area contributed by atoms with Gasteiger partial charge in [-0.2, -0.15) is 13.9 Å². The summed E-state index contributed by atoms with van der Waals surface area (Å²) in [5, 5.41) is 11.2. The van der Waals surface area contributed by atoms with Gasteiger partial charge in [0.05, 0.1) is 22.8 Å². The molecular formula is C38H47F2N9O4S. The van der Waals surface area contributed by atoms with Crippen LogP contribution in [0.3, 0.4) is 0 Å². The van der Waals surface area contributed by atoms with E-state index in [-0.39, 0.29) is 24.1 Å². The summed E-state index contributed by atoms with van der Waals surface area (Å²) in [5.74, 6) is 1.52. The lowest BCUT2D eigenvalue weighted by atomic mass is 9.88. The highest BCUT2D eigenvalue weighted by molar-refractivity contribution is 7.82. The number of likely N-dealkylation sites (tertiary alicyclic amines) is 1. The Hall–Kier alpha value is -4.54. The number of alkyl halides is 2. The van der Waals surface area contributed by atoms with Gasteiger partial charge < -0.3 is 15.0 Å². The van der Waals surface area contributed by atoms with Crippen molar-refractivity contribution in [2.75, 3.05) is 49.5 Å². The zero-order valence-corrected chi connectivity index (χ0v) is 31.4. The molecule has 2 atom stereocenters. The number of aromatic nitrogens is 4. The number of amides is 3. The summed E-state index contributed by atoms with van der Waals surface area (Å²) in [6.07, 6.45) is 8.33. The quantitative estimate of drug-likeness (QED) is 0.182. The second-order valence-electron chi connectivity index (χ2n) is 14.4. The Morgan fingerprint density at radius 1 is 1.00 bits per heavy atom. The molecule has 0 bridgehead atoms. The number of anilines is 2. The fourth-order valence-electron chi connectivity index (χ4n) is 7.79. The van der Waals surface area contributed by atoms with Crippen LogP contribution in [0.4, 0.5) is 25.3 Å². The number of hydrogen-bond donors (Lipinski definition) is 2. The van der Waals surface area contributed by atoms with Crippen LogP contribution in [0.2, 0.25) is 0 Å². The minimum Gasteiger partial charge on any atom is -0.432 e. The van der Waals surface area contributed by atoms with E-state index in [4.69, 9.17) is 0 Å². The maximum atomic E-state index is 13.6. The van der Waals surface area contributed by atoms with Crippen molar-refractivity contribution in [1.29, 1.82) is 0 Å². The first-order chi connectivity index (χ1) is 26.1. The van der Waals surface area contributed by atoms with E-state index in [1.54, 1.807) is 4.90 Å². The van der Waals surface area contributed by atoms with Crippen LogP contribution in [0, 0.1) is 5.92 Å². The number of nitrogens with one attached hydrogen (secondary N) is 2.